The molecule has 0 aromatic heterocycles. The van der Waals surface area contributed by atoms with Crippen LogP contribution in [0.5, 0.6) is 5.75 Å². The van der Waals surface area contributed by atoms with Crippen molar-refractivity contribution in [1.29, 1.82) is 5.26 Å². The number of nitrogens with one attached hydrogen (secondary N) is 1. The van der Waals surface area contributed by atoms with Gasteiger partial charge in [0.15, 0.2) is 0 Å². The molecule has 102 valence electrons. The molecule has 5 nitrogen and oxygen atoms in total. The summed E-state index contributed by atoms with van der Waals surface area (Å²) in [6, 6.07) is 8.24. The van der Waals surface area contributed by atoms with Crippen LogP contribution >= 0.6 is 0 Å². The Morgan fingerprint density at radius 1 is 1.37 bits per heavy atom. The molecule has 0 spiro atoms. The Morgan fingerprint density at radius 3 is 2.53 bits per heavy atom. The van der Waals surface area contributed by atoms with E-state index in [0.717, 1.165) is 0 Å². The summed E-state index contributed by atoms with van der Waals surface area (Å²) in [4.78, 5) is 11.7. The third kappa shape index (κ3) is 4.51. The standard InChI is InChI=1S/C14H18N2O3/c1-14(2,3)19-13(17)16-11(9-15)10-7-5-6-8-12(10)18-4/h5-8,11H,1-4H3,(H,16,17). The second-order valence-corrected chi connectivity index (χ2v) is 4.95. The molecule has 0 heterocycles. The highest BCUT2D eigenvalue weighted by atomic mass is 16.6. The lowest BCUT2D eigenvalue weighted by atomic mass is 10.1. The van der Waals surface area contributed by atoms with E-state index in [-0.39, 0.29) is 0 Å². The minimum Gasteiger partial charge on any atom is -0.496 e. The van der Waals surface area contributed by atoms with Crippen LogP contribution in [0.4, 0.5) is 4.79 Å². The third-order valence-electron chi connectivity index (χ3n) is 2.24. The molecule has 1 unspecified atom stereocenters. The summed E-state index contributed by atoms with van der Waals surface area (Å²) in [6.07, 6.45) is -0.634. The zero-order chi connectivity index (χ0) is 14.5. The van der Waals surface area contributed by atoms with Crippen molar-refractivity contribution >= 4 is 6.09 Å². The number of hydrogen-bond donors (Lipinski definition) is 1. The van der Waals surface area contributed by atoms with Crippen LogP contribution in [0.15, 0.2) is 24.3 Å². The average Bonchev–Trinajstić information content (AvgIpc) is 2.33. The van der Waals surface area contributed by atoms with Crippen molar-refractivity contribution in [3.05, 3.63) is 29.8 Å². The van der Waals surface area contributed by atoms with Gasteiger partial charge in [-0.15, -0.1) is 0 Å². The molecule has 0 fully saturated rings. The number of methoxy groups -OCH3 is 1. The molecule has 0 saturated heterocycles. The summed E-state index contributed by atoms with van der Waals surface area (Å²) < 4.78 is 10.3. The smallest absolute Gasteiger partial charge is 0.408 e. The summed E-state index contributed by atoms with van der Waals surface area (Å²) in [5, 5.41) is 11.7. The number of nitriles is 1. The highest BCUT2D eigenvalue weighted by Gasteiger charge is 2.22. The predicted molar refractivity (Wildman–Crippen MR) is 70.7 cm³/mol. The van der Waals surface area contributed by atoms with Crippen LogP contribution in [0.1, 0.15) is 32.4 Å². The molecule has 0 aliphatic rings. The first-order valence-corrected chi connectivity index (χ1v) is 5.89. The summed E-state index contributed by atoms with van der Waals surface area (Å²) >= 11 is 0. The Hall–Kier alpha value is -2.22. The van der Waals surface area contributed by atoms with Crippen LogP contribution < -0.4 is 10.1 Å². The molecular formula is C14H18N2O3. The molecule has 1 rings (SSSR count). The summed E-state index contributed by atoms with van der Waals surface area (Å²) in [6.45, 7) is 5.28. The zero-order valence-electron chi connectivity index (χ0n) is 11.6. The number of nitrogens with zero attached hydrogens (tertiary/aromatic N) is 1. The Morgan fingerprint density at radius 2 is 2.00 bits per heavy atom. The number of ether oxygens (including phenoxy) is 2. The van der Waals surface area contributed by atoms with E-state index >= 15 is 0 Å². The summed E-state index contributed by atoms with van der Waals surface area (Å²) in [5.74, 6) is 0.546. The van der Waals surface area contributed by atoms with Gasteiger partial charge in [-0.05, 0) is 26.8 Å². The summed E-state index contributed by atoms with van der Waals surface area (Å²) in [7, 11) is 1.51. The maximum Gasteiger partial charge on any atom is 0.408 e. The molecule has 1 N–H and O–H groups in total. The molecule has 0 bridgehead atoms. The summed E-state index contributed by atoms with van der Waals surface area (Å²) in [5.41, 5.74) is -0.0106. The fourth-order valence-corrected chi connectivity index (χ4v) is 1.51. The molecular weight excluding hydrogens is 244 g/mol. The van der Waals surface area contributed by atoms with Gasteiger partial charge < -0.3 is 14.8 Å². The lowest BCUT2D eigenvalue weighted by Crippen LogP contribution is -2.34. The van der Waals surface area contributed by atoms with E-state index in [1.807, 2.05) is 6.07 Å². The number of hydrogen-bond acceptors (Lipinski definition) is 4. The van der Waals surface area contributed by atoms with E-state index in [1.54, 1.807) is 45.0 Å². The predicted octanol–water partition coefficient (Wildman–Crippen LogP) is 2.78. The minimum atomic E-state index is -0.814. The highest BCUT2D eigenvalue weighted by Crippen LogP contribution is 2.24. The van der Waals surface area contributed by atoms with E-state index < -0.39 is 17.7 Å². The van der Waals surface area contributed by atoms with Gasteiger partial charge in [-0.1, -0.05) is 18.2 Å². The van der Waals surface area contributed by atoms with Crippen LogP contribution in [-0.4, -0.2) is 18.8 Å². The number of alkyl carbamates (subject to hydrolysis) is 1. The Labute approximate surface area is 113 Å². The van der Waals surface area contributed by atoms with Crippen LogP contribution in [0.2, 0.25) is 0 Å². The van der Waals surface area contributed by atoms with Gasteiger partial charge in [-0.3, -0.25) is 0 Å². The first-order valence-electron chi connectivity index (χ1n) is 5.89. The van der Waals surface area contributed by atoms with Gasteiger partial charge in [-0.25, -0.2) is 4.79 Å². The molecule has 1 amide bonds. The molecule has 5 heteroatoms. The molecule has 0 aliphatic heterocycles. The average molecular weight is 262 g/mol. The monoisotopic (exact) mass is 262 g/mol. The van der Waals surface area contributed by atoms with Crippen LogP contribution in [0.3, 0.4) is 0 Å². The van der Waals surface area contributed by atoms with Crippen molar-refractivity contribution in [3.63, 3.8) is 0 Å². The van der Waals surface area contributed by atoms with E-state index in [4.69, 9.17) is 9.47 Å². The van der Waals surface area contributed by atoms with Gasteiger partial charge in [0.05, 0.1) is 13.2 Å². The quantitative estimate of drug-likeness (QED) is 0.909. The Bertz CT molecular complexity index is 486. The van der Waals surface area contributed by atoms with E-state index in [2.05, 4.69) is 5.32 Å². The number of rotatable bonds is 3. The van der Waals surface area contributed by atoms with Crippen molar-refractivity contribution in [2.24, 2.45) is 0 Å². The molecule has 0 saturated carbocycles. The normalized spacial score (nSPS) is 12.2. The number of carbonyl (C=O) groups is 1. The Kier molecular flexibility index (Phi) is 4.76. The lowest BCUT2D eigenvalue weighted by Gasteiger charge is -2.21. The molecule has 1 atom stereocenters. The van der Waals surface area contributed by atoms with Crippen LogP contribution in [-0.2, 0) is 4.74 Å². The number of benzene rings is 1. The number of para-hydroxylation sites is 1. The SMILES string of the molecule is COc1ccccc1C(C#N)NC(=O)OC(C)(C)C. The van der Waals surface area contributed by atoms with Gasteiger partial charge in [0.1, 0.15) is 17.4 Å². The van der Waals surface area contributed by atoms with Crippen LogP contribution in [0, 0.1) is 11.3 Å². The second-order valence-electron chi connectivity index (χ2n) is 4.95. The molecule has 0 aliphatic carbocycles. The second kappa shape index (κ2) is 6.10. The largest absolute Gasteiger partial charge is 0.496 e. The minimum absolute atomic E-state index is 0.546. The van der Waals surface area contributed by atoms with Gasteiger partial charge in [0.25, 0.3) is 0 Å². The van der Waals surface area contributed by atoms with Gasteiger partial charge in [0.2, 0.25) is 0 Å². The van der Waals surface area contributed by atoms with E-state index in [9.17, 15) is 10.1 Å². The molecule has 1 aromatic carbocycles. The maximum atomic E-state index is 11.7. The van der Waals surface area contributed by atoms with Crippen molar-refractivity contribution in [2.45, 2.75) is 32.4 Å². The maximum absolute atomic E-state index is 11.7. The fourth-order valence-electron chi connectivity index (χ4n) is 1.51. The lowest BCUT2D eigenvalue weighted by molar-refractivity contribution is 0.0515. The van der Waals surface area contributed by atoms with E-state index in [1.165, 1.54) is 7.11 Å². The number of carbonyl (C=O) groups excluding carboxylic acids is 1. The van der Waals surface area contributed by atoms with Crippen molar-refractivity contribution in [3.8, 4) is 11.8 Å². The Balaban J connectivity index is 2.85. The third-order valence-corrected chi connectivity index (χ3v) is 2.24. The topological polar surface area (TPSA) is 71.3 Å². The number of amides is 1. The highest BCUT2D eigenvalue weighted by molar-refractivity contribution is 5.69. The first kappa shape index (κ1) is 14.8. The fraction of sp³-hybridized carbons (Fsp3) is 0.429. The molecule has 0 radical (unpaired) electrons. The first-order chi connectivity index (χ1) is 8.87. The van der Waals surface area contributed by atoms with Gasteiger partial charge in [0, 0.05) is 5.56 Å². The van der Waals surface area contributed by atoms with Crippen molar-refractivity contribution < 1.29 is 14.3 Å². The molecule has 1 aromatic rings. The van der Waals surface area contributed by atoms with Crippen molar-refractivity contribution in [2.75, 3.05) is 7.11 Å². The van der Waals surface area contributed by atoms with E-state index in [0.29, 0.717) is 11.3 Å². The van der Waals surface area contributed by atoms with Gasteiger partial charge in [-0.2, -0.15) is 5.26 Å². The van der Waals surface area contributed by atoms with Crippen LogP contribution in [0.25, 0.3) is 0 Å². The van der Waals surface area contributed by atoms with Gasteiger partial charge >= 0.3 is 6.09 Å². The zero-order valence-corrected chi connectivity index (χ0v) is 11.6. The van der Waals surface area contributed by atoms with Crippen molar-refractivity contribution in [1.82, 2.24) is 5.32 Å². The molecule has 19 heavy (non-hydrogen) atoms.